The highest BCUT2D eigenvalue weighted by Gasteiger charge is 2.37. The Balaban J connectivity index is 2.04. The Labute approximate surface area is 167 Å². The van der Waals surface area contributed by atoms with Gasteiger partial charge in [0.2, 0.25) is 0 Å². The van der Waals surface area contributed by atoms with Crippen LogP contribution in [0.4, 0.5) is 10.1 Å². The molecule has 0 saturated carbocycles. The van der Waals surface area contributed by atoms with E-state index in [1.165, 1.54) is 12.1 Å². The number of carboxylic acids is 1. The molecule has 0 bridgehead atoms. The topological polar surface area (TPSA) is 113 Å². The van der Waals surface area contributed by atoms with Crippen LogP contribution in [0, 0.1) is 5.82 Å². The molecule has 0 unspecified atom stereocenters. The molecular weight excluding hydrogens is 403 g/mol. The molecule has 0 radical (unpaired) electrons. The van der Waals surface area contributed by atoms with Crippen molar-refractivity contribution in [1.29, 1.82) is 0 Å². The molecular formula is C19H19FN2O6S. The van der Waals surface area contributed by atoms with Crippen molar-refractivity contribution in [1.82, 2.24) is 5.32 Å². The van der Waals surface area contributed by atoms with Gasteiger partial charge >= 0.3 is 5.97 Å². The number of ether oxygens (including phenoxy) is 1. The third-order valence-corrected chi connectivity index (χ3v) is 6.11. The van der Waals surface area contributed by atoms with Crippen LogP contribution >= 0.6 is 0 Å². The minimum Gasteiger partial charge on any atom is -0.478 e. The molecule has 1 aliphatic rings. The summed E-state index contributed by atoms with van der Waals surface area (Å²) in [6.07, 6.45) is -0.393. The van der Waals surface area contributed by atoms with Crippen LogP contribution in [0.25, 0.3) is 0 Å². The number of carboxylic acid groups (broad SMARTS) is 1. The van der Waals surface area contributed by atoms with Crippen LogP contribution in [-0.4, -0.2) is 44.6 Å². The Hall–Kier alpha value is -3.14. The standard InChI is InChI=1S/C19H19FN2O6S/c1-2-9-21-18(23)17-11-22(15-5-3-4-6-16(15)28-17)29(26,27)12-7-8-14(20)13(10-12)19(24)25/h3-8,10,17H,2,9,11H2,1H3,(H,21,23)(H,24,25)/t17-/m1/s1. The summed E-state index contributed by atoms with van der Waals surface area (Å²) in [7, 11) is -4.29. The molecule has 0 spiro atoms. The van der Waals surface area contributed by atoms with E-state index >= 15 is 0 Å². The minimum atomic E-state index is -4.29. The Morgan fingerprint density at radius 2 is 2.00 bits per heavy atom. The molecule has 1 aliphatic heterocycles. The maximum Gasteiger partial charge on any atom is 0.338 e. The number of anilines is 1. The van der Waals surface area contributed by atoms with Crippen molar-refractivity contribution in [2.24, 2.45) is 0 Å². The number of nitrogens with one attached hydrogen (secondary N) is 1. The molecule has 1 heterocycles. The summed E-state index contributed by atoms with van der Waals surface area (Å²) < 4.78 is 46.8. The van der Waals surface area contributed by atoms with Gasteiger partial charge in [-0.25, -0.2) is 17.6 Å². The fraction of sp³-hybridized carbons (Fsp3) is 0.263. The lowest BCUT2D eigenvalue weighted by atomic mass is 10.2. The fourth-order valence-corrected chi connectivity index (χ4v) is 4.39. The molecule has 0 saturated heterocycles. The highest BCUT2D eigenvalue weighted by Crippen LogP contribution is 2.37. The molecule has 29 heavy (non-hydrogen) atoms. The Morgan fingerprint density at radius 3 is 2.69 bits per heavy atom. The number of aromatic carboxylic acids is 1. The van der Waals surface area contributed by atoms with Gasteiger partial charge in [-0.15, -0.1) is 0 Å². The number of halogens is 1. The monoisotopic (exact) mass is 422 g/mol. The number of amides is 1. The molecule has 1 amide bonds. The molecule has 10 heteroatoms. The third kappa shape index (κ3) is 4.02. The van der Waals surface area contributed by atoms with E-state index in [0.29, 0.717) is 13.0 Å². The van der Waals surface area contributed by atoms with Crippen LogP contribution in [-0.2, 0) is 14.8 Å². The highest BCUT2D eigenvalue weighted by molar-refractivity contribution is 7.92. The maximum absolute atomic E-state index is 13.7. The first-order chi connectivity index (χ1) is 13.8. The maximum atomic E-state index is 13.7. The molecule has 2 N–H and O–H groups in total. The number of benzene rings is 2. The predicted molar refractivity (Wildman–Crippen MR) is 102 cm³/mol. The van der Waals surface area contributed by atoms with Gasteiger partial charge in [-0.2, -0.15) is 0 Å². The van der Waals surface area contributed by atoms with E-state index < -0.39 is 44.3 Å². The van der Waals surface area contributed by atoms with Crippen LogP contribution in [0.2, 0.25) is 0 Å². The summed E-state index contributed by atoms with van der Waals surface area (Å²) in [5.41, 5.74) is -0.557. The summed E-state index contributed by atoms with van der Waals surface area (Å²) in [6.45, 7) is 1.98. The highest BCUT2D eigenvalue weighted by atomic mass is 32.2. The SMILES string of the molecule is CCCNC(=O)[C@H]1CN(S(=O)(=O)c2ccc(F)c(C(=O)O)c2)c2ccccc2O1. The first kappa shape index (κ1) is 20.6. The Kier molecular flexibility index (Phi) is 5.73. The summed E-state index contributed by atoms with van der Waals surface area (Å²) in [4.78, 5) is 23.2. The Bertz CT molecular complexity index is 1060. The van der Waals surface area contributed by atoms with Crippen molar-refractivity contribution in [2.75, 3.05) is 17.4 Å². The van der Waals surface area contributed by atoms with E-state index in [0.717, 1.165) is 22.5 Å². The smallest absolute Gasteiger partial charge is 0.338 e. The van der Waals surface area contributed by atoms with E-state index in [2.05, 4.69) is 5.32 Å². The number of hydrogen-bond donors (Lipinski definition) is 2. The fourth-order valence-electron chi connectivity index (χ4n) is 2.88. The van der Waals surface area contributed by atoms with Gasteiger partial charge in [-0.05, 0) is 36.8 Å². The number of sulfonamides is 1. The summed E-state index contributed by atoms with van der Waals surface area (Å²) in [5.74, 6) is -2.90. The molecule has 2 aromatic carbocycles. The minimum absolute atomic E-state index is 0.194. The summed E-state index contributed by atoms with van der Waals surface area (Å²) >= 11 is 0. The van der Waals surface area contributed by atoms with E-state index in [9.17, 15) is 22.4 Å². The average Bonchev–Trinajstić information content (AvgIpc) is 2.71. The average molecular weight is 422 g/mol. The van der Waals surface area contributed by atoms with Gasteiger partial charge in [-0.3, -0.25) is 9.10 Å². The van der Waals surface area contributed by atoms with Gasteiger partial charge < -0.3 is 15.2 Å². The number of carbonyl (C=O) groups is 2. The third-order valence-electron chi connectivity index (χ3n) is 4.33. The molecule has 0 fully saturated rings. The van der Waals surface area contributed by atoms with Gasteiger partial charge in [0.25, 0.3) is 15.9 Å². The zero-order chi connectivity index (χ0) is 21.2. The Morgan fingerprint density at radius 1 is 1.28 bits per heavy atom. The quantitative estimate of drug-likeness (QED) is 0.736. The summed E-state index contributed by atoms with van der Waals surface area (Å²) in [5, 5.41) is 11.8. The number of carbonyl (C=O) groups excluding carboxylic acids is 1. The largest absolute Gasteiger partial charge is 0.478 e. The number of hydrogen-bond acceptors (Lipinski definition) is 5. The van der Waals surface area contributed by atoms with Crippen LogP contribution in [0.3, 0.4) is 0 Å². The lowest BCUT2D eigenvalue weighted by Gasteiger charge is -2.34. The van der Waals surface area contributed by atoms with Gasteiger partial charge in [0.15, 0.2) is 6.10 Å². The lowest BCUT2D eigenvalue weighted by molar-refractivity contribution is -0.127. The van der Waals surface area contributed by atoms with E-state index in [1.807, 2.05) is 6.92 Å². The van der Waals surface area contributed by atoms with E-state index in [4.69, 9.17) is 9.84 Å². The van der Waals surface area contributed by atoms with Crippen molar-refractivity contribution >= 4 is 27.6 Å². The van der Waals surface area contributed by atoms with Gasteiger partial charge in [0.05, 0.1) is 22.7 Å². The first-order valence-corrected chi connectivity index (χ1v) is 10.3. The normalized spacial score (nSPS) is 15.9. The number of nitrogens with zero attached hydrogens (tertiary/aromatic N) is 1. The first-order valence-electron chi connectivity index (χ1n) is 8.84. The second-order valence-corrected chi connectivity index (χ2v) is 8.21. The second kappa shape index (κ2) is 8.08. The molecule has 1 atom stereocenters. The van der Waals surface area contributed by atoms with E-state index in [1.54, 1.807) is 12.1 Å². The molecule has 8 nitrogen and oxygen atoms in total. The van der Waals surface area contributed by atoms with Crippen molar-refractivity contribution in [3.8, 4) is 5.75 Å². The molecule has 3 rings (SSSR count). The number of rotatable bonds is 6. The predicted octanol–water partition coefficient (Wildman–Crippen LogP) is 2.01. The molecule has 154 valence electrons. The van der Waals surface area contributed by atoms with Gasteiger partial charge in [0.1, 0.15) is 11.6 Å². The number of fused-ring (bicyclic) bond motifs is 1. The van der Waals surface area contributed by atoms with Crippen LogP contribution < -0.4 is 14.4 Å². The van der Waals surface area contributed by atoms with Crippen LogP contribution in [0.15, 0.2) is 47.4 Å². The van der Waals surface area contributed by atoms with Gasteiger partial charge in [0, 0.05) is 6.54 Å². The van der Waals surface area contributed by atoms with Gasteiger partial charge in [-0.1, -0.05) is 19.1 Å². The zero-order valence-corrected chi connectivity index (χ0v) is 16.3. The van der Waals surface area contributed by atoms with Crippen LogP contribution in [0.5, 0.6) is 5.75 Å². The lowest BCUT2D eigenvalue weighted by Crippen LogP contribution is -2.50. The second-order valence-electron chi connectivity index (χ2n) is 6.35. The van der Waals surface area contributed by atoms with Crippen molar-refractivity contribution in [3.05, 3.63) is 53.8 Å². The van der Waals surface area contributed by atoms with Crippen LogP contribution in [0.1, 0.15) is 23.7 Å². The summed E-state index contributed by atoms with van der Waals surface area (Å²) in [6, 6.07) is 8.82. The molecule has 0 aliphatic carbocycles. The molecule has 0 aromatic heterocycles. The van der Waals surface area contributed by atoms with Crippen molar-refractivity contribution in [2.45, 2.75) is 24.3 Å². The number of para-hydroxylation sites is 2. The zero-order valence-electron chi connectivity index (χ0n) is 15.5. The van der Waals surface area contributed by atoms with Crippen molar-refractivity contribution < 1.29 is 32.2 Å². The van der Waals surface area contributed by atoms with E-state index in [-0.39, 0.29) is 18.0 Å². The van der Waals surface area contributed by atoms with Crippen molar-refractivity contribution in [3.63, 3.8) is 0 Å². The molecule has 2 aromatic rings.